The molecule has 118 valence electrons. The van der Waals surface area contributed by atoms with E-state index in [1.807, 2.05) is 7.05 Å². The molecule has 1 fully saturated rings. The molecule has 2 nitrogen and oxygen atoms in total. The molecule has 0 bridgehead atoms. The van der Waals surface area contributed by atoms with Gasteiger partial charge in [-0.3, -0.25) is 0 Å². The van der Waals surface area contributed by atoms with Gasteiger partial charge in [0.2, 0.25) is 0 Å². The van der Waals surface area contributed by atoms with Crippen LogP contribution in [0.15, 0.2) is 18.2 Å². The van der Waals surface area contributed by atoms with Crippen LogP contribution in [0.1, 0.15) is 50.7 Å². The molecule has 1 atom stereocenters. The molecule has 0 saturated carbocycles. The van der Waals surface area contributed by atoms with E-state index < -0.39 is 0 Å². The van der Waals surface area contributed by atoms with E-state index in [4.69, 9.17) is 0 Å². The first-order chi connectivity index (χ1) is 10.3. The molecular formula is C19H32N2. The Kier molecular flexibility index (Phi) is 6.56. The van der Waals surface area contributed by atoms with Crippen LogP contribution < -0.4 is 5.32 Å². The number of nitrogens with zero attached hydrogens (tertiary/aromatic N) is 1. The molecule has 1 unspecified atom stereocenters. The van der Waals surface area contributed by atoms with E-state index in [1.165, 1.54) is 63.0 Å². The van der Waals surface area contributed by atoms with Crippen molar-refractivity contribution in [1.82, 2.24) is 4.90 Å². The van der Waals surface area contributed by atoms with Crippen molar-refractivity contribution in [2.45, 2.75) is 52.4 Å². The van der Waals surface area contributed by atoms with Crippen LogP contribution in [0, 0.1) is 5.92 Å². The molecule has 1 aliphatic rings. The molecule has 0 radical (unpaired) electrons. The number of likely N-dealkylation sites (tertiary alicyclic amines) is 1. The summed E-state index contributed by atoms with van der Waals surface area (Å²) in [6.45, 7) is 8.39. The van der Waals surface area contributed by atoms with Crippen LogP contribution in [0.3, 0.4) is 0 Å². The van der Waals surface area contributed by atoms with Gasteiger partial charge in [-0.15, -0.1) is 0 Å². The van der Waals surface area contributed by atoms with E-state index >= 15 is 0 Å². The maximum atomic E-state index is 3.25. The SMILES string of the molecule is CCc1cc(NC)ccc1CCC1CCCN(CC)CC1. The standard InChI is InChI=1S/C19H32N2/c1-4-17-15-19(20-3)11-10-18(17)9-8-16-7-6-13-21(5-2)14-12-16/h10-11,15-16,20H,4-9,12-14H2,1-3H3. The molecule has 1 aliphatic heterocycles. The number of aryl methyl sites for hydroxylation is 2. The predicted molar refractivity (Wildman–Crippen MR) is 93.1 cm³/mol. The van der Waals surface area contributed by atoms with Crippen molar-refractivity contribution in [3.63, 3.8) is 0 Å². The van der Waals surface area contributed by atoms with Crippen molar-refractivity contribution in [3.05, 3.63) is 29.3 Å². The van der Waals surface area contributed by atoms with Crippen LogP contribution >= 0.6 is 0 Å². The van der Waals surface area contributed by atoms with Crippen molar-refractivity contribution in [2.75, 3.05) is 32.0 Å². The predicted octanol–water partition coefficient (Wildman–Crippen LogP) is 4.35. The normalized spacial score (nSPS) is 20.2. The van der Waals surface area contributed by atoms with E-state index in [-0.39, 0.29) is 0 Å². The second-order valence-corrected chi connectivity index (χ2v) is 6.36. The van der Waals surface area contributed by atoms with Crippen LogP contribution in [-0.2, 0) is 12.8 Å². The molecule has 0 amide bonds. The summed E-state index contributed by atoms with van der Waals surface area (Å²) < 4.78 is 0. The minimum atomic E-state index is 0.926. The number of hydrogen-bond acceptors (Lipinski definition) is 2. The fourth-order valence-electron chi connectivity index (χ4n) is 3.54. The lowest BCUT2D eigenvalue weighted by Gasteiger charge is -2.18. The van der Waals surface area contributed by atoms with E-state index in [2.05, 4.69) is 42.3 Å². The smallest absolute Gasteiger partial charge is 0.0340 e. The molecule has 1 aromatic rings. The van der Waals surface area contributed by atoms with Gasteiger partial charge in [-0.1, -0.05) is 19.9 Å². The van der Waals surface area contributed by atoms with Crippen molar-refractivity contribution < 1.29 is 0 Å². The van der Waals surface area contributed by atoms with Gasteiger partial charge in [0.1, 0.15) is 0 Å². The lowest BCUT2D eigenvalue weighted by atomic mass is 9.91. The van der Waals surface area contributed by atoms with E-state index in [9.17, 15) is 0 Å². The van der Waals surface area contributed by atoms with Gasteiger partial charge in [0, 0.05) is 12.7 Å². The van der Waals surface area contributed by atoms with Crippen molar-refractivity contribution in [3.8, 4) is 0 Å². The Labute approximate surface area is 130 Å². The molecule has 0 aromatic heterocycles. The monoisotopic (exact) mass is 288 g/mol. The summed E-state index contributed by atoms with van der Waals surface area (Å²) in [6, 6.07) is 6.88. The third kappa shape index (κ3) is 4.74. The highest BCUT2D eigenvalue weighted by atomic mass is 15.1. The number of nitrogens with one attached hydrogen (secondary N) is 1. The number of rotatable bonds is 6. The Morgan fingerprint density at radius 3 is 2.71 bits per heavy atom. The maximum absolute atomic E-state index is 3.25. The van der Waals surface area contributed by atoms with E-state index in [0.29, 0.717) is 0 Å². The van der Waals surface area contributed by atoms with Gasteiger partial charge in [-0.2, -0.15) is 0 Å². The first-order valence-corrected chi connectivity index (χ1v) is 8.78. The summed E-state index contributed by atoms with van der Waals surface area (Å²) in [6.07, 6.45) is 7.96. The lowest BCUT2D eigenvalue weighted by Crippen LogP contribution is -2.24. The Balaban J connectivity index is 1.90. The minimum absolute atomic E-state index is 0.926. The number of hydrogen-bond donors (Lipinski definition) is 1. The highest BCUT2D eigenvalue weighted by Gasteiger charge is 2.16. The van der Waals surface area contributed by atoms with Gasteiger partial charge in [0.15, 0.2) is 0 Å². The van der Waals surface area contributed by atoms with Crippen LogP contribution in [0.5, 0.6) is 0 Å². The van der Waals surface area contributed by atoms with E-state index in [1.54, 1.807) is 5.56 Å². The Hall–Kier alpha value is -1.02. The summed E-state index contributed by atoms with van der Waals surface area (Å²) >= 11 is 0. The summed E-state index contributed by atoms with van der Waals surface area (Å²) in [5.74, 6) is 0.926. The topological polar surface area (TPSA) is 15.3 Å². The molecule has 1 aromatic carbocycles. The summed E-state index contributed by atoms with van der Waals surface area (Å²) in [4.78, 5) is 2.61. The van der Waals surface area contributed by atoms with Crippen molar-refractivity contribution in [2.24, 2.45) is 5.92 Å². The third-order valence-corrected chi connectivity index (χ3v) is 5.09. The van der Waals surface area contributed by atoms with Crippen LogP contribution in [-0.4, -0.2) is 31.6 Å². The highest BCUT2D eigenvalue weighted by molar-refractivity contribution is 5.48. The first-order valence-electron chi connectivity index (χ1n) is 8.78. The van der Waals surface area contributed by atoms with Crippen LogP contribution in [0.25, 0.3) is 0 Å². The fourth-order valence-corrected chi connectivity index (χ4v) is 3.54. The largest absolute Gasteiger partial charge is 0.388 e. The zero-order valence-electron chi connectivity index (χ0n) is 14.1. The molecule has 2 heteroatoms. The Morgan fingerprint density at radius 2 is 2.00 bits per heavy atom. The maximum Gasteiger partial charge on any atom is 0.0340 e. The molecule has 1 saturated heterocycles. The minimum Gasteiger partial charge on any atom is -0.388 e. The van der Waals surface area contributed by atoms with Gasteiger partial charge in [-0.05, 0) is 87.3 Å². The molecule has 1 heterocycles. The number of benzene rings is 1. The van der Waals surface area contributed by atoms with Crippen LogP contribution in [0.2, 0.25) is 0 Å². The Bertz CT molecular complexity index is 428. The van der Waals surface area contributed by atoms with Crippen LogP contribution in [0.4, 0.5) is 5.69 Å². The molecule has 0 aliphatic carbocycles. The highest BCUT2D eigenvalue weighted by Crippen LogP contribution is 2.25. The van der Waals surface area contributed by atoms with Crippen molar-refractivity contribution >= 4 is 5.69 Å². The first kappa shape index (κ1) is 16.4. The molecule has 1 N–H and O–H groups in total. The zero-order valence-corrected chi connectivity index (χ0v) is 14.1. The molecule has 0 spiro atoms. The molecule has 2 rings (SSSR count). The second kappa shape index (κ2) is 8.43. The van der Waals surface area contributed by atoms with Gasteiger partial charge in [0.05, 0.1) is 0 Å². The quantitative estimate of drug-likeness (QED) is 0.837. The van der Waals surface area contributed by atoms with E-state index in [0.717, 1.165) is 12.3 Å². The van der Waals surface area contributed by atoms with Gasteiger partial charge < -0.3 is 10.2 Å². The summed E-state index contributed by atoms with van der Waals surface area (Å²) in [5, 5.41) is 3.25. The van der Waals surface area contributed by atoms with Gasteiger partial charge in [-0.25, -0.2) is 0 Å². The summed E-state index contributed by atoms with van der Waals surface area (Å²) in [7, 11) is 2.00. The fraction of sp³-hybridized carbons (Fsp3) is 0.684. The van der Waals surface area contributed by atoms with Gasteiger partial charge in [0.25, 0.3) is 0 Å². The zero-order chi connectivity index (χ0) is 15.1. The lowest BCUT2D eigenvalue weighted by molar-refractivity contribution is 0.294. The average Bonchev–Trinajstić information content (AvgIpc) is 2.77. The third-order valence-electron chi connectivity index (χ3n) is 5.09. The van der Waals surface area contributed by atoms with Gasteiger partial charge >= 0.3 is 0 Å². The number of anilines is 1. The molecule has 21 heavy (non-hydrogen) atoms. The summed E-state index contributed by atoms with van der Waals surface area (Å²) in [5.41, 5.74) is 4.32. The average molecular weight is 288 g/mol. The van der Waals surface area contributed by atoms with Crippen molar-refractivity contribution in [1.29, 1.82) is 0 Å². The molecular weight excluding hydrogens is 256 g/mol. The Morgan fingerprint density at radius 1 is 1.14 bits per heavy atom. The second-order valence-electron chi connectivity index (χ2n) is 6.36.